The van der Waals surface area contributed by atoms with Crippen LogP contribution in [0, 0.1) is 31.1 Å². The fraction of sp³-hybridized carbons (Fsp3) is 0.462. The normalized spacial score (nSPS) is 23.3. The van der Waals surface area contributed by atoms with Crippen molar-refractivity contribution in [2.24, 2.45) is 5.92 Å². The number of ether oxygens (including phenoxy) is 1. The molecule has 0 aliphatic heterocycles. The molecule has 2 nitrogen and oxygen atoms in total. The van der Waals surface area contributed by atoms with Gasteiger partial charge in [0, 0.05) is 11.5 Å². The van der Waals surface area contributed by atoms with E-state index in [2.05, 4.69) is 32.0 Å². The third-order valence-electron chi connectivity index (χ3n) is 3.04. The Morgan fingerprint density at radius 1 is 1.40 bits per heavy atom. The zero-order valence-corrected chi connectivity index (χ0v) is 9.37. The Hall–Kier alpha value is -1.49. The number of nitriles is 1. The third-order valence-corrected chi connectivity index (χ3v) is 3.04. The lowest BCUT2D eigenvalue weighted by Gasteiger charge is -2.12. The van der Waals surface area contributed by atoms with Crippen LogP contribution in [0.2, 0.25) is 0 Å². The minimum atomic E-state index is 0.195. The number of nitrogens with zero attached hydrogens (tertiary/aromatic N) is 1. The molecule has 0 heterocycles. The second kappa shape index (κ2) is 3.58. The molecule has 2 heteroatoms. The van der Waals surface area contributed by atoms with Gasteiger partial charge in [0.05, 0.1) is 19.1 Å². The summed E-state index contributed by atoms with van der Waals surface area (Å²) in [5, 5.41) is 8.86. The SMILES string of the molecule is COc1cc(C)cc(C)c1C1CC1C#N. The van der Waals surface area contributed by atoms with Crippen LogP contribution in [0.5, 0.6) is 5.75 Å². The van der Waals surface area contributed by atoms with Gasteiger partial charge in [-0.2, -0.15) is 5.26 Å². The average Bonchev–Trinajstić information content (AvgIpc) is 2.95. The predicted octanol–water partition coefficient (Wildman–Crippen LogP) is 2.94. The molecule has 0 aromatic heterocycles. The minimum absolute atomic E-state index is 0.195. The van der Waals surface area contributed by atoms with Gasteiger partial charge in [0.25, 0.3) is 0 Å². The highest BCUT2D eigenvalue weighted by Crippen LogP contribution is 2.51. The molecule has 0 N–H and O–H groups in total. The Labute approximate surface area is 90.5 Å². The van der Waals surface area contributed by atoms with Gasteiger partial charge in [-0.3, -0.25) is 0 Å². The fourth-order valence-corrected chi connectivity index (χ4v) is 2.24. The summed E-state index contributed by atoms with van der Waals surface area (Å²) in [4.78, 5) is 0. The highest BCUT2D eigenvalue weighted by atomic mass is 16.5. The smallest absolute Gasteiger partial charge is 0.122 e. The van der Waals surface area contributed by atoms with E-state index in [0.29, 0.717) is 5.92 Å². The van der Waals surface area contributed by atoms with Crippen molar-refractivity contribution in [1.82, 2.24) is 0 Å². The molecule has 0 saturated heterocycles. The van der Waals surface area contributed by atoms with Gasteiger partial charge in [-0.15, -0.1) is 0 Å². The van der Waals surface area contributed by atoms with E-state index >= 15 is 0 Å². The number of methoxy groups -OCH3 is 1. The summed E-state index contributed by atoms with van der Waals surface area (Å²) in [6.07, 6.45) is 0.983. The second-order valence-corrected chi connectivity index (χ2v) is 4.28. The maximum Gasteiger partial charge on any atom is 0.122 e. The van der Waals surface area contributed by atoms with Gasteiger partial charge in [-0.1, -0.05) is 6.07 Å². The van der Waals surface area contributed by atoms with Crippen molar-refractivity contribution >= 4 is 0 Å². The molecule has 0 bridgehead atoms. The van der Waals surface area contributed by atoms with Crippen LogP contribution in [0.4, 0.5) is 0 Å². The molecule has 0 radical (unpaired) electrons. The summed E-state index contributed by atoms with van der Waals surface area (Å²) in [5.41, 5.74) is 3.69. The van der Waals surface area contributed by atoms with Crippen LogP contribution < -0.4 is 4.74 Å². The highest BCUT2D eigenvalue weighted by Gasteiger charge is 2.41. The van der Waals surface area contributed by atoms with E-state index in [1.807, 2.05) is 0 Å². The van der Waals surface area contributed by atoms with Gasteiger partial charge in [0.2, 0.25) is 0 Å². The molecular weight excluding hydrogens is 186 g/mol. The van der Waals surface area contributed by atoms with Crippen LogP contribution >= 0.6 is 0 Å². The first kappa shape index (κ1) is 10.0. The summed E-state index contributed by atoms with van der Waals surface area (Å²) < 4.78 is 5.39. The highest BCUT2D eigenvalue weighted by molar-refractivity contribution is 5.48. The monoisotopic (exact) mass is 201 g/mol. The Balaban J connectivity index is 2.43. The first-order valence-corrected chi connectivity index (χ1v) is 5.22. The van der Waals surface area contributed by atoms with Crippen molar-refractivity contribution in [3.8, 4) is 11.8 Å². The molecule has 1 aromatic carbocycles. The molecule has 0 amide bonds. The van der Waals surface area contributed by atoms with Gasteiger partial charge >= 0.3 is 0 Å². The number of hydrogen-bond donors (Lipinski definition) is 0. The van der Waals surface area contributed by atoms with Gasteiger partial charge in [0.15, 0.2) is 0 Å². The number of aryl methyl sites for hydroxylation is 2. The summed E-state index contributed by atoms with van der Waals surface area (Å²) >= 11 is 0. The standard InChI is InChI=1S/C13H15NO/c1-8-4-9(2)13(12(5-8)15-3)11-6-10(11)7-14/h4-5,10-11H,6H2,1-3H3. The molecule has 1 saturated carbocycles. The quantitative estimate of drug-likeness (QED) is 0.737. The van der Waals surface area contributed by atoms with Crippen molar-refractivity contribution in [2.75, 3.05) is 7.11 Å². The number of hydrogen-bond acceptors (Lipinski definition) is 2. The summed E-state index contributed by atoms with van der Waals surface area (Å²) in [6.45, 7) is 4.16. The predicted molar refractivity (Wildman–Crippen MR) is 58.9 cm³/mol. The lowest BCUT2D eigenvalue weighted by Crippen LogP contribution is -1.95. The lowest BCUT2D eigenvalue weighted by molar-refractivity contribution is 0.408. The molecule has 1 fully saturated rings. The van der Waals surface area contributed by atoms with Crippen molar-refractivity contribution in [3.63, 3.8) is 0 Å². The molecule has 0 spiro atoms. The van der Waals surface area contributed by atoms with Crippen LogP contribution in [0.1, 0.15) is 29.0 Å². The van der Waals surface area contributed by atoms with Gasteiger partial charge in [-0.05, 0) is 37.5 Å². The first-order valence-electron chi connectivity index (χ1n) is 5.22. The molecule has 1 aliphatic rings. The maximum atomic E-state index is 8.86. The maximum absolute atomic E-state index is 8.86. The summed E-state index contributed by atoms with van der Waals surface area (Å²) in [6, 6.07) is 6.53. The number of rotatable bonds is 2. The minimum Gasteiger partial charge on any atom is -0.496 e. The molecule has 1 aromatic rings. The molecule has 2 rings (SSSR count). The van der Waals surface area contributed by atoms with Crippen molar-refractivity contribution in [2.45, 2.75) is 26.2 Å². The molecule has 2 atom stereocenters. The molecule has 2 unspecified atom stereocenters. The summed E-state index contributed by atoms with van der Waals surface area (Å²) in [5.74, 6) is 1.53. The van der Waals surface area contributed by atoms with Crippen LogP contribution in [0.15, 0.2) is 12.1 Å². The topological polar surface area (TPSA) is 33.0 Å². The Kier molecular flexibility index (Phi) is 2.40. The fourth-order valence-electron chi connectivity index (χ4n) is 2.24. The van der Waals surface area contributed by atoms with Crippen LogP contribution in [-0.2, 0) is 0 Å². The zero-order chi connectivity index (χ0) is 11.0. The lowest BCUT2D eigenvalue weighted by atomic mass is 9.99. The Morgan fingerprint density at radius 3 is 2.67 bits per heavy atom. The van der Waals surface area contributed by atoms with E-state index in [-0.39, 0.29) is 5.92 Å². The van der Waals surface area contributed by atoms with E-state index in [4.69, 9.17) is 10.00 Å². The summed E-state index contributed by atoms with van der Waals surface area (Å²) in [7, 11) is 1.70. The average molecular weight is 201 g/mol. The molecule has 78 valence electrons. The molecular formula is C13H15NO. The van der Waals surface area contributed by atoms with Crippen LogP contribution in [0.3, 0.4) is 0 Å². The van der Waals surface area contributed by atoms with E-state index in [1.54, 1.807) is 7.11 Å². The van der Waals surface area contributed by atoms with Crippen LogP contribution in [0.25, 0.3) is 0 Å². The zero-order valence-electron chi connectivity index (χ0n) is 9.37. The van der Waals surface area contributed by atoms with Crippen molar-refractivity contribution in [1.29, 1.82) is 5.26 Å². The van der Waals surface area contributed by atoms with Gasteiger partial charge in [-0.25, -0.2) is 0 Å². The second-order valence-electron chi connectivity index (χ2n) is 4.28. The molecule has 15 heavy (non-hydrogen) atoms. The van der Waals surface area contributed by atoms with E-state index in [9.17, 15) is 0 Å². The van der Waals surface area contributed by atoms with Gasteiger partial charge < -0.3 is 4.74 Å². The van der Waals surface area contributed by atoms with E-state index in [0.717, 1.165) is 12.2 Å². The third kappa shape index (κ3) is 1.70. The van der Waals surface area contributed by atoms with E-state index in [1.165, 1.54) is 16.7 Å². The Morgan fingerprint density at radius 2 is 2.13 bits per heavy atom. The Bertz CT molecular complexity index is 431. The first-order chi connectivity index (χ1) is 7.17. The van der Waals surface area contributed by atoms with Crippen molar-refractivity contribution < 1.29 is 4.74 Å². The number of benzene rings is 1. The van der Waals surface area contributed by atoms with Gasteiger partial charge in [0.1, 0.15) is 5.75 Å². The largest absolute Gasteiger partial charge is 0.496 e. The van der Waals surface area contributed by atoms with E-state index < -0.39 is 0 Å². The van der Waals surface area contributed by atoms with Crippen molar-refractivity contribution in [3.05, 3.63) is 28.8 Å². The van der Waals surface area contributed by atoms with Crippen LogP contribution in [-0.4, -0.2) is 7.11 Å². The molecule has 1 aliphatic carbocycles.